The van der Waals surface area contributed by atoms with Gasteiger partial charge in [0.15, 0.2) is 0 Å². The molecule has 3 unspecified atom stereocenters. The predicted molar refractivity (Wildman–Crippen MR) is 166 cm³/mol. The minimum atomic E-state index is -0.891. The zero-order valence-corrected chi connectivity index (χ0v) is 25.4. The number of carbonyl (C=O) groups excluding carboxylic acids is 1. The third-order valence-electron chi connectivity index (χ3n) is 8.52. The number of anilines is 1. The summed E-state index contributed by atoms with van der Waals surface area (Å²) in [6.07, 6.45) is 3.90. The number of likely N-dealkylation sites (tertiary alicyclic amines) is 1. The van der Waals surface area contributed by atoms with Crippen LogP contribution in [0.3, 0.4) is 0 Å². The quantitative estimate of drug-likeness (QED) is 0.311. The predicted octanol–water partition coefficient (Wildman–Crippen LogP) is 5.91. The van der Waals surface area contributed by atoms with Crippen molar-refractivity contribution >= 4 is 56.2 Å². The first-order valence-corrected chi connectivity index (χ1v) is 16.2. The standard InChI is InChI=1S/C31H37Cl2N3O4S/c32-25-15-21(4-6-27(25)40-24-8-13-39-14-9-24)30(37)26(19-35-10-1-2-11-35)34-31(38)22-7-12-36(18-22)23-5-3-20-16-29(33)41-28(20)17-23/h3-6,15-17,22,24,26,30,37H,1-2,7-14,18-19H2,(H,34,38). The van der Waals surface area contributed by atoms with Crippen molar-refractivity contribution in [2.75, 3.05) is 50.8 Å². The van der Waals surface area contributed by atoms with E-state index in [0.717, 1.165) is 71.8 Å². The lowest BCUT2D eigenvalue weighted by Crippen LogP contribution is -2.48. The monoisotopic (exact) mass is 617 g/mol. The summed E-state index contributed by atoms with van der Waals surface area (Å²) in [5.74, 6) is 0.454. The second kappa shape index (κ2) is 13.1. The molecule has 10 heteroatoms. The van der Waals surface area contributed by atoms with Crippen LogP contribution in [-0.2, 0) is 9.53 Å². The molecule has 0 bridgehead atoms. The molecular formula is C31H37Cl2N3O4S. The van der Waals surface area contributed by atoms with Gasteiger partial charge in [-0.15, -0.1) is 11.3 Å². The average molecular weight is 619 g/mol. The summed E-state index contributed by atoms with van der Waals surface area (Å²) in [5, 5.41) is 16.4. The zero-order valence-electron chi connectivity index (χ0n) is 23.1. The Morgan fingerprint density at radius 2 is 1.88 bits per heavy atom. The SMILES string of the molecule is O=C(NC(CN1CCCC1)C(O)c1ccc(OC2CCOCC2)c(Cl)c1)C1CCN(c2ccc3cc(Cl)sc3c2)C1. The number of benzene rings is 2. The molecule has 41 heavy (non-hydrogen) atoms. The average Bonchev–Trinajstić information content (AvgIpc) is 3.74. The normalized spacial score (nSPS) is 21.8. The Kier molecular flexibility index (Phi) is 9.25. The van der Waals surface area contributed by atoms with Crippen LogP contribution in [0, 0.1) is 5.92 Å². The number of amides is 1. The highest BCUT2D eigenvalue weighted by molar-refractivity contribution is 7.22. The number of thiophene rings is 1. The highest BCUT2D eigenvalue weighted by Crippen LogP contribution is 2.35. The summed E-state index contributed by atoms with van der Waals surface area (Å²) in [6.45, 7) is 5.38. The van der Waals surface area contributed by atoms with Gasteiger partial charge in [-0.1, -0.05) is 35.3 Å². The molecule has 3 aromatic rings. The van der Waals surface area contributed by atoms with Gasteiger partial charge < -0.3 is 29.7 Å². The highest BCUT2D eigenvalue weighted by atomic mass is 35.5. The van der Waals surface area contributed by atoms with E-state index in [0.29, 0.717) is 42.6 Å². The number of aliphatic hydroxyl groups is 1. The number of hydrogen-bond acceptors (Lipinski definition) is 7. The Hall–Kier alpha value is -2.07. The molecule has 3 atom stereocenters. The van der Waals surface area contributed by atoms with Crippen LogP contribution in [0.4, 0.5) is 5.69 Å². The van der Waals surface area contributed by atoms with Gasteiger partial charge in [0.05, 0.1) is 34.5 Å². The van der Waals surface area contributed by atoms with Crippen LogP contribution in [-0.4, -0.2) is 74.0 Å². The fourth-order valence-electron chi connectivity index (χ4n) is 6.16. The maximum atomic E-state index is 13.6. The summed E-state index contributed by atoms with van der Waals surface area (Å²) in [7, 11) is 0. The number of halogens is 2. The first-order chi connectivity index (χ1) is 19.9. The number of ether oxygens (including phenoxy) is 2. The van der Waals surface area contributed by atoms with Crippen LogP contribution >= 0.6 is 34.5 Å². The van der Waals surface area contributed by atoms with Crippen LogP contribution in [0.1, 0.15) is 43.8 Å². The summed E-state index contributed by atoms with van der Waals surface area (Å²) in [4.78, 5) is 18.1. The highest BCUT2D eigenvalue weighted by Gasteiger charge is 2.33. The summed E-state index contributed by atoms with van der Waals surface area (Å²) < 4.78 is 13.5. The molecule has 3 aliphatic heterocycles. The maximum Gasteiger partial charge on any atom is 0.225 e. The second-order valence-electron chi connectivity index (χ2n) is 11.4. The molecule has 6 rings (SSSR count). The fourth-order valence-corrected chi connectivity index (χ4v) is 7.58. The molecule has 0 saturated carbocycles. The Morgan fingerprint density at radius 1 is 1.07 bits per heavy atom. The smallest absolute Gasteiger partial charge is 0.225 e. The van der Waals surface area contributed by atoms with E-state index in [9.17, 15) is 9.90 Å². The van der Waals surface area contributed by atoms with Crippen LogP contribution in [0.5, 0.6) is 5.75 Å². The van der Waals surface area contributed by atoms with Gasteiger partial charge in [0.25, 0.3) is 0 Å². The van der Waals surface area contributed by atoms with Crippen LogP contribution < -0.4 is 15.0 Å². The van der Waals surface area contributed by atoms with Crippen LogP contribution in [0.2, 0.25) is 9.36 Å². The molecule has 1 amide bonds. The molecule has 3 saturated heterocycles. The molecule has 3 fully saturated rings. The molecule has 0 aliphatic carbocycles. The van der Waals surface area contributed by atoms with Gasteiger partial charge in [0.1, 0.15) is 18.0 Å². The second-order valence-corrected chi connectivity index (χ2v) is 13.5. The molecule has 0 radical (unpaired) electrons. The lowest BCUT2D eigenvalue weighted by atomic mass is 9.99. The minimum absolute atomic E-state index is 0.0124. The number of rotatable bonds is 9. The van der Waals surface area contributed by atoms with Gasteiger partial charge in [-0.05, 0) is 73.6 Å². The summed E-state index contributed by atoms with van der Waals surface area (Å²) in [5.41, 5.74) is 1.78. The van der Waals surface area contributed by atoms with Gasteiger partial charge >= 0.3 is 0 Å². The van der Waals surface area contributed by atoms with Gasteiger partial charge in [0.2, 0.25) is 5.91 Å². The number of aliphatic hydroxyl groups excluding tert-OH is 1. The number of fused-ring (bicyclic) bond motifs is 1. The molecule has 2 aromatic carbocycles. The zero-order chi connectivity index (χ0) is 28.3. The largest absolute Gasteiger partial charge is 0.489 e. The Balaban J connectivity index is 1.12. The van der Waals surface area contributed by atoms with Crippen molar-refractivity contribution in [1.82, 2.24) is 10.2 Å². The topological polar surface area (TPSA) is 74.3 Å². The van der Waals surface area contributed by atoms with Crippen molar-refractivity contribution in [2.45, 2.75) is 50.4 Å². The molecule has 2 N–H and O–H groups in total. The fraction of sp³-hybridized carbons (Fsp3) is 0.516. The molecular weight excluding hydrogens is 581 g/mol. The number of nitrogens with zero attached hydrogens (tertiary/aromatic N) is 2. The minimum Gasteiger partial charge on any atom is -0.489 e. The van der Waals surface area contributed by atoms with Crippen molar-refractivity contribution in [2.24, 2.45) is 5.92 Å². The van der Waals surface area contributed by atoms with E-state index < -0.39 is 12.1 Å². The van der Waals surface area contributed by atoms with Crippen LogP contribution in [0.25, 0.3) is 10.1 Å². The maximum absolute atomic E-state index is 13.6. The van der Waals surface area contributed by atoms with Gasteiger partial charge in [-0.3, -0.25) is 4.79 Å². The molecule has 4 heterocycles. The third kappa shape index (κ3) is 6.95. The van der Waals surface area contributed by atoms with Crippen molar-refractivity contribution < 1.29 is 19.4 Å². The van der Waals surface area contributed by atoms with E-state index in [2.05, 4.69) is 33.3 Å². The van der Waals surface area contributed by atoms with Crippen molar-refractivity contribution in [3.05, 3.63) is 57.4 Å². The lowest BCUT2D eigenvalue weighted by Gasteiger charge is -2.30. The van der Waals surface area contributed by atoms with Gasteiger partial charge in [0, 0.05) is 42.9 Å². The van der Waals surface area contributed by atoms with E-state index in [1.54, 1.807) is 17.4 Å². The third-order valence-corrected chi connectivity index (χ3v) is 10.0. The van der Waals surface area contributed by atoms with E-state index in [4.69, 9.17) is 32.7 Å². The number of nitrogens with one attached hydrogen (secondary N) is 1. The molecule has 0 spiro atoms. The van der Waals surface area contributed by atoms with Gasteiger partial charge in [-0.25, -0.2) is 0 Å². The Labute approximate surface area is 255 Å². The first-order valence-electron chi connectivity index (χ1n) is 14.6. The van der Waals surface area contributed by atoms with E-state index in [-0.39, 0.29) is 17.9 Å². The van der Waals surface area contributed by atoms with Crippen molar-refractivity contribution in [3.8, 4) is 5.75 Å². The molecule has 3 aliphatic rings. The van der Waals surface area contributed by atoms with E-state index in [1.807, 2.05) is 18.2 Å². The molecule has 7 nitrogen and oxygen atoms in total. The lowest BCUT2D eigenvalue weighted by molar-refractivity contribution is -0.126. The number of carbonyl (C=O) groups is 1. The van der Waals surface area contributed by atoms with E-state index in [1.165, 1.54) is 0 Å². The Bertz CT molecular complexity index is 1360. The number of hydrogen-bond donors (Lipinski definition) is 2. The van der Waals surface area contributed by atoms with Crippen molar-refractivity contribution in [3.63, 3.8) is 0 Å². The van der Waals surface area contributed by atoms with E-state index >= 15 is 0 Å². The summed E-state index contributed by atoms with van der Waals surface area (Å²) >= 11 is 14.4. The first kappa shape index (κ1) is 29.0. The Morgan fingerprint density at radius 3 is 2.66 bits per heavy atom. The van der Waals surface area contributed by atoms with Crippen LogP contribution in [0.15, 0.2) is 42.5 Å². The van der Waals surface area contributed by atoms with Crippen molar-refractivity contribution in [1.29, 1.82) is 0 Å². The summed E-state index contributed by atoms with van der Waals surface area (Å²) in [6, 6.07) is 13.4. The molecule has 220 valence electrons. The molecule has 1 aromatic heterocycles. The van der Waals surface area contributed by atoms with Gasteiger partial charge in [-0.2, -0.15) is 0 Å².